The SMILES string of the molecule is CCNC(c1cc(Cl)ccc1OC)c1scc(C)c1Cl. The number of thiophene rings is 1. The van der Waals surface area contributed by atoms with Crippen molar-refractivity contribution in [1.82, 2.24) is 5.32 Å². The van der Waals surface area contributed by atoms with Crippen LogP contribution in [0.5, 0.6) is 5.75 Å². The van der Waals surface area contributed by atoms with Crippen molar-refractivity contribution in [2.24, 2.45) is 0 Å². The minimum absolute atomic E-state index is 0.0140. The van der Waals surface area contributed by atoms with E-state index in [4.69, 9.17) is 27.9 Å². The van der Waals surface area contributed by atoms with Crippen LogP contribution in [0.4, 0.5) is 0 Å². The number of halogens is 2. The number of methoxy groups -OCH3 is 1. The van der Waals surface area contributed by atoms with Gasteiger partial charge in [0.25, 0.3) is 0 Å². The highest BCUT2D eigenvalue weighted by molar-refractivity contribution is 7.10. The molecule has 0 fully saturated rings. The summed E-state index contributed by atoms with van der Waals surface area (Å²) in [5.74, 6) is 0.808. The summed E-state index contributed by atoms with van der Waals surface area (Å²) in [6.45, 7) is 4.91. The Morgan fingerprint density at radius 2 is 2.10 bits per heavy atom. The first kappa shape index (κ1) is 15.6. The lowest BCUT2D eigenvalue weighted by molar-refractivity contribution is 0.404. The lowest BCUT2D eigenvalue weighted by Gasteiger charge is -2.20. The molecule has 1 heterocycles. The van der Waals surface area contributed by atoms with E-state index < -0.39 is 0 Å². The summed E-state index contributed by atoms with van der Waals surface area (Å²) in [6.07, 6.45) is 0. The molecule has 0 bridgehead atoms. The van der Waals surface area contributed by atoms with Crippen LogP contribution in [0.25, 0.3) is 0 Å². The lowest BCUT2D eigenvalue weighted by atomic mass is 10.0. The van der Waals surface area contributed by atoms with Crippen molar-refractivity contribution in [1.29, 1.82) is 0 Å². The molecule has 0 aliphatic carbocycles. The summed E-state index contributed by atoms with van der Waals surface area (Å²) in [5.41, 5.74) is 2.10. The molecule has 0 aliphatic heterocycles. The number of nitrogens with one attached hydrogen (secondary N) is 1. The van der Waals surface area contributed by atoms with Crippen molar-refractivity contribution in [2.75, 3.05) is 13.7 Å². The van der Waals surface area contributed by atoms with Crippen molar-refractivity contribution in [3.8, 4) is 5.75 Å². The maximum atomic E-state index is 6.42. The standard InChI is InChI=1S/C15H17Cl2NOS/c1-4-18-14(15-13(17)9(2)8-20-15)11-7-10(16)5-6-12(11)19-3/h5-8,14,18H,4H2,1-3H3. The molecule has 1 atom stereocenters. The Kier molecular flexibility index (Phi) is 5.33. The monoisotopic (exact) mass is 329 g/mol. The highest BCUT2D eigenvalue weighted by Gasteiger charge is 2.22. The quantitative estimate of drug-likeness (QED) is 0.826. The van der Waals surface area contributed by atoms with Crippen LogP contribution in [0.3, 0.4) is 0 Å². The first-order valence-corrected chi connectivity index (χ1v) is 8.02. The smallest absolute Gasteiger partial charge is 0.124 e. The van der Waals surface area contributed by atoms with Crippen molar-refractivity contribution in [2.45, 2.75) is 19.9 Å². The Bertz CT molecular complexity index is 598. The molecule has 108 valence electrons. The number of benzene rings is 1. The van der Waals surface area contributed by atoms with Gasteiger partial charge in [0.1, 0.15) is 5.75 Å². The molecule has 0 aliphatic rings. The number of ether oxygens (including phenoxy) is 1. The molecule has 0 saturated heterocycles. The van der Waals surface area contributed by atoms with E-state index in [1.165, 1.54) is 0 Å². The maximum Gasteiger partial charge on any atom is 0.124 e. The zero-order valence-electron chi connectivity index (χ0n) is 11.7. The van der Waals surface area contributed by atoms with Gasteiger partial charge in [0.2, 0.25) is 0 Å². The molecule has 0 spiro atoms. The zero-order valence-corrected chi connectivity index (χ0v) is 14.0. The molecule has 2 rings (SSSR count). The fraction of sp³-hybridized carbons (Fsp3) is 0.333. The third-order valence-corrected chi connectivity index (χ3v) is 5.11. The van der Waals surface area contributed by atoms with Crippen molar-refractivity contribution < 1.29 is 4.74 Å². The predicted octanol–water partition coefficient (Wildman–Crippen LogP) is 5.07. The first-order valence-electron chi connectivity index (χ1n) is 6.38. The molecule has 5 heteroatoms. The van der Waals surface area contributed by atoms with Gasteiger partial charge in [0, 0.05) is 15.5 Å². The molecule has 20 heavy (non-hydrogen) atoms. The molecule has 0 amide bonds. The normalized spacial score (nSPS) is 12.4. The number of hydrogen-bond donors (Lipinski definition) is 1. The van der Waals surface area contributed by atoms with Crippen LogP contribution in [0, 0.1) is 6.92 Å². The van der Waals surface area contributed by atoms with Crippen LogP contribution < -0.4 is 10.1 Å². The van der Waals surface area contributed by atoms with Gasteiger partial charge in [-0.15, -0.1) is 11.3 Å². The third-order valence-electron chi connectivity index (χ3n) is 3.10. The van der Waals surface area contributed by atoms with Gasteiger partial charge < -0.3 is 10.1 Å². The second kappa shape index (κ2) is 6.81. The Morgan fingerprint density at radius 1 is 1.35 bits per heavy atom. The molecule has 2 nitrogen and oxygen atoms in total. The van der Waals surface area contributed by atoms with E-state index in [2.05, 4.69) is 17.6 Å². The van der Waals surface area contributed by atoms with Gasteiger partial charge in [-0.25, -0.2) is 0 Å². The van der Waals surface area contributed by atoms with E-state index >= 15 is 0 Å². The van der Waals surface area contributed by atoms with Gasteiger partial charge in [-0.2, -0.15) is 0 Å². The van der Waals surface area contributed by atoms with Crippen LogP contribution in [0.1, 0.15) is 29.0 Å². The van der Waals surface area contributed by atoms with Gasteiger partial charge in [0.05, 0.1) is 18.2 Å². The van der Waals surface area contributed by atoms with Gasteiger partial charge in [-0.1, -0.05) is 30.1 Å². The molecular formula is C15H17Cl2NOS. The fourth-order valence-electron chi connectivity index (χ4n) is 2.12. The van der Waals surface area contributed by atoms with E-state index in [1.807, 2.05) is 25.1 Å². The fourth-order valence-corrected chi connectivity index (χ4v) is 3.70. The van der Waals surface area contributed by atoms with Crippen LogP contribution >= 0.6 is 34.5 Å². The minimum Gasteiger partial charge on any atom is -0.496 e. The first-order chi connectivity index (χ1) is 9.58. The average Bonchev–Trinajstić information content (AvgIpc) is 2.76. The van der Waals surface area contributed by atoms with E-state index in [-0.39, 0.29) is 6.04 Å². The summed E-state index contributed by atoms with van der Waals surface area (Å²) >= 11 is 14.2. The van der Waals surface area contributed by atoms with E-state index in [1.54, 1.807) is 18.4 Å². The van der Waals surface area contributed by atoms with E-state index in [0.717, 1.165) is 33.3 Å². The zero-order chi connectivity index (χ0) is 14.7. The van der Waals surface area contributed by atoms with Crippen molar-refractivity contribution >= 4 is 34.5 Å². The van der Waals surface area contributed by atoms with Crippen LogP contribution in [-0.2, 0) is 0 Å². The molecule has 1 N–H and O–H groups in total. The van der Waals surface area contributed by atoms with Gasteiger partial charge in [-0.05, 0) is 42.6 Å². The molecule has 0 radical (unpaired) electrons. The number of aryl methyl sites for hydroxylation is 1. The third kappa shape index (κ3) is 3.12. The molecular weight excluding hydrogens is 313 g/mol. The van der Waals surface area contributed by atoms with Crippen LogP contribution in [-0.4, -0.2) is 13.7 Å². The Balaban J connectivity index is 2.53. The summed E-state index contributed by atoms with van der Waals surface area (Å²) in [5, 5.41) is 7.02. The highest BCUT2D eigenvalue weighted by Crippen LogP contribution is 2.39. The summed E-state index contributed by atoms with van der Waals surface area (Å²) < 4.78 is 5.46. The van der Waals surface area contributed by atoms with Gasteiger partial charge >= 0.3 is 0 Å². The summed E-state index contributed by atoms with van der Waals surface area (Å²) in [4.78, 5) is 1.09. The van der Waals surface area contributed by atoms with E-state index in [9.17, 15) is 0 Å². The Labute approximate surface area is 133 Å². The minimum atomic E-state index is -0.0140. The second-order valence-corrected chi connectivity index (χ2v) is 6.20. The van der Waals surface area contributed by atoms with Gasteiger partial charge in [0.15, 0.2) is 0 Å². The average molecular weight is 330 g/mol. The molecule has 1 aromatic heterocycles. The number of hydrogen-bond acceptors (Lipinski definition) is 3. The molecule has 1 aromatic carbocycles. The highest BCUT2D eigenvalue weighted by atomic mass is 35.5. The number of rotatable bonds is 5. The molecule has 0 saturated carbocycles. The van der Waals surface area contributed by atoms with Crippen LogP contribution in [0.15, 0.2) is 23.6 Å². The molecule has 1 unspecified atom stereocenters. The van der Waals surface area contributed by atoms with Crippen LogP contribution in [0.2, 0.25) is 10.0 Å². The van der Waals surface area contributed by atoms with E-state index in [0.29, 0.717) is 5.02 Å². The Morgan fingerprint density at radius 3 is 2.65 bits per heavy atom. The second-order valence-electron chi connectivity index (χ2n) is 4.47. The van der Waals surface area contributed by atoms with Crippen molar-refractivity contribution in [3.63, 3.8) is 0 Å². The predicted molar refractivity (Wildman–Crippen MR) is 87.6 cm³/mol. The van der Waals surface area contributed by atoms with Crippen molar-refractivity contribution in [3.05, 3.63) is 49.6 Å². The van der Waals surface area contributed by atoms with Gasteiger partial charge in [-0.3, -0.25) is 0 Å². The Hall–Kier alpha value is -0.740. The largest absolute Gasteiger partial charge is 0.496 e. The topological polar surface area (TPSA) is 21.3 Å². The summed E-state index contributed by atoms with van der Waals surface area (Å²) in [6, 6.07) is 5.63. The molecule has 2 aromatic rings. The summed E-state index contributed by atoms with van der Waals surface area (Å²) in [7, 11) is 1.66. The maximum absolute atomic E-state index is 6.42. The lowest BCUT2D eigenvalue weighted by Crippen LogP contribution is -2.22.